The van der Waals surface area contributed by atoms with Crippen molar-refractivity contribution in [2.75, 3.05) is 0 Å². The van der Waals surface area contributed by atoms with Gasteiger partial charge in [0.25, 0.3) is 0 Å². The Labute approximate surface area is 161 Å². The monoisotopic (exact) mass is 396 g/mol. The average Bonchev–Trinajstić information content (AvgIpc) is 2.85. The van der Waals surface area contributed by atoms with Gasteiger partial charge in [-0.1, -0.05) is 87.8 Å². The number of halogens is 1. The Hall–Kier alpha value is -1.34. The molecule has 0 saturated carbocycles. The first kappa shape index (κ1) is 18.5. The van der Waals surface area contributed by atoms with Gasteiger partial charge in [0, 0.05) is 10.9 Å². The molecule has 0 radical (unpaired) electrons. The van der Waals surface area contributed by atoms with Gasteiger partial charge in [-0.2, -0.15) is 0 Å². The van der Waals surface area contributed by atoms with E-state index in [1.807, 2.05) is 0 Å². The van der Waals surface area contributed by atoms with Crippen LogP contribution in [0.3, 0.4) is 0 Å². The van der Waals surface area contributed by atoms with E-state index in [0.717, 1.165) is 6.42 Å². The smallest absolute Gasteiger partial charge is 0.00470 e. The van der Waals surface area contributed by atoms with Gasteiger partial charge in [0.15, 0.2) is 0 Å². The Morgan fingerprint density at radius 1 is 0.840 bits per heavy atom. The SMILES string of the molecule is Cc1ccc2c(c1-c1cc(C(C)(C)C)cc(C(C)(C)C)c1)C=C(Br)C2. The lowest BCUT2D eigenvalue weighted by atomic mass is 9.78. The fraction of sp³-hybridized carbons (Fsp3) is 0.417. The second-order valence-corrected chi connectivity index (χ2v) is 10.4. The first-order chi connectivity index (χ1) is 11.5. The lowest BCUT2D eigenvalue weighted by Crippen LogP contribution is -2.16. The summed E-state index contributed by atoms with van der Waals surface area (Å²) in [7, 11) is 0. The van der Waals surface area contributed by atoms with E-state index < -0.39 is 0 Å². The number of allylic oxidation sites excluding steroid dienone is 1. The van der Waals surface area contributed by atoms with Crippen molar-refractivity contribution >= 4 is 22.0 Å². The predicted octanol–water partition coefficient (Wildman–Crippen LogP) is 7.55. The molecule has 2 aromatic rings. The van der Waals surface area contributed by atoms with E-state index >= 15 is 0 Å². The zero-order chi connectivity index (χ0) is 18.6. The molecule has 0 heterocycles. The van der Waals surface area contributed by atoms with Gasteiger partial charge in [-0.3, -0.25) is 0 Å². The number of hydrogen-bond donors (Lipinski definition) is 0. The molecule has 25 heavy (non-hydrogen) atoms. The van der Waals surface area contributed by atoms with Crippen LogP contribution in [-0.2, 0) is 17.3 Å². The van der Waals surface area contributed by atoms with Gasteiger partial charge >= 0.3 is 0 Å². The van der Waals surface area contributed by atoms with Crippen LogP contribution < -0.4 is 0 Å². The summed E-state index contributed by atoms with van der Waals surface area (Å²) in [5, 5.41) is 0. The van der Waals surface area contributed by atoms with Crippen LogP contribution in [0.1, 0.15) is 69.4 Å². The van der Waals surface area contributed by atoms with Crippen molar-refractivity contribution in [2.24, 2.45) is 0 Å². The zero-order valence-electron chi connectivity index (χ0n) is 16.5. The molecule has 0 spiro atoms. The minimum Gasteiger partial charge on any atom is -0.0584 e. The fourth-order valence-electron chi connectivity index (χ4n) is 3.50. The van der Waals surface area contributed by atoms with Crippen LogP contribution in [0.5, 0.6) is 0 Å². The van der Waals surface area contributed by atoms with E-state index in [0.29, 0.717) is 0 Å². The first-order valence-electron chi connectivity index (χ1n) is 9.12. The molecule has 0 aromatic heterocycles. The van der Waals surface area contributed by atoms with Crippen molar-refractivity contribution in [1.82, 2.24) is 0 Å². The summed E-state index contributed by atoms with van der Waals surface area (Å²) in [6.07, 6.45) is 3.31. The Morgan fingerprint density at radius 2 is 1.40 bits per heavy atom. The molecule has 0 fully saturated rings. The summed E-state index contributed by atoms with van der Waals surface area (Å²) in [4.78, 5) is 0. The number of rotatable bonds is 1. The van der Waals surface area contributed by atoms with Gasteiger partial charge in [-0.05, 0) is 62.8 Å². The third-order valence-corrected chi connectivity index (χ3v) is 5.67. The molecule has 0 saturated heterocycles. The lowest BCUT2D eigenvalue weighted by Gasteiger charge is -2.27. The summed E-state index contributed by atoms with van der Waals surface area (Å²) in [5.41, 5.74) is 10.00. The van der Waals surface area contributed by atoms with Gasteiger partial charge < -0.3 is 0 Å². The Kier molecular flexibility index (Phi) is 4.52. The highest BCUT2D eigenvalue weighted by atomic mass is 79.9. The third kappa shape index (κ3) is 3.62. The van der Waals surface area contributed by atoms with Crippen molar-refractivity contribution < 1.29 is 0 Å². The number of aryl methyl sites for hydroxylation is 1. The molecule has 3 rings (SSSR count). The topological polar surface area (TPSA) is 0 Å². The van der Waals surface area contributed by atoms with E-state index in [1.165, 1.54) is 43.4 Å². The largest absolute Gasteiger partial charge is 0.0584 e. The van der Waals surface area contributed by atoms with Crippen molar-refractivity contribution in [1.29, 1.82) is 0 Å². The summed E-state index contributed by atoms with van der Waals surface area (Å²) < 4.78 is 1.28. The second kappa shape index (κ2) is 6.13. The molecule has 0 N–H and O–H groups in total. The van der Waals surface area contributed by atoms with E-state index in [2.05, 4.69) is 101 Å². The van der Waals surface area contributed by atoms with Gasteiger partial charge in [0.05, 0.1) is 0 Å². The predicted molar refractivity (Wildman–Crippen MR) is 115 cm³/mol. The van der Waals surface area contributed by atoms with E-state index in [9.17, 15) is 0 Å². The van der Waals surface area contributed by atoms with Gasteiger partial charge in [0.1, 0.15) is 0 Å². The molecular weight excluding hydrogens is 368 g/mol. The summed E-state index contributed by atoms with van der Waals surface area (Å²) in [5.74, 6) is 0. The van der Waals surface area contributed by atoms with Crippen LogP contribution in [-0.4, -0.2) is 0 Å². The fourth-order valence-corrected chi connectivity index (χ4v) is 4.03. The minimum absolute atomic E-state index is 0.137. The number of fused-ring (bicyclic) bond motifs is 1. The zero-order valence-corrected chi connectivity index (χ0v) is 18.1. The summed E-state index contributed by atoms with van der Waals surface area (Å²) in [6.45, 7) is 16.0. The highest BCUT2D eigenvalue weighted by Gasteiger charge is 2.23. The first-order valence-corrected chi connectivity index (χ1v) is 9.91. The standard InChI is InChI=1S/C24H29Br/c1-15-8-9-16-12-20(25)14-21(16)22(15)17-10-18(23(2,3)4)13-19(11-17)24(5,6)7/h8-11,13-14H,12H2,1-7H3. The van der Waals surface area contributed by atoms with E-state index in [1.54, 1.807) is 0 Å². The molecule has 1 aliphatic rings. The molecule has 0 unspecified atom stereocenters. The third-order valence-electron chi connectivity index (χ3n) is 5.16. The molecular formula is C24H29Br. The van der Waals surface area contributed by atoms with Crippen molar-refractivity contribution in [3.8, 4) is 11.1 Å². The average molecular weight is 397 g/mol. The lowest BCUT2D eigenvalue weighted by molar-refractivity contribution is 0.569. The Balaban J connectivity index is 2.31. The molecule has 0 aliphatic heterocycles. The van der Waals surface area contributed by atoms with Crippen molar-refractivity contribution in [2.45, 2.75) is 65.7 Å². The molecule has 1 heteroatoms. The van der Waals surface area contributed by atoms with Crippen LogP contribution in [0.25, 0.3) is 17.2 Å². The maximum Gasteiger partial charge on any atom is 0.00470 e. The molecule has 0 atom stereocenters. The normalized spacial score (nSPS) is 14.5. The molecule has 1 aliphatic carbocycles. The van der Waals surface area contributed by atoms with Gasteiger partial charge in [-0.15, -0.1) is 0 Å². The summed E-state index contributed by atoms with van der Waals surface area (Å²) >= 11 is 3.70. The van der Waals surface area contributed by atoms with Crippen LogP contribution in [0.2, 0.25) is 0 Å². The van der Waals surface area contributed by atoms with Crippen molar-refractivity contribution in [3.63, 3.8) is 0 Å². The molecule has 132 valence electrons. The molecule has 0 amide bonds. The Morgan fingerprint density at radius 3 is 1.92 bits per heavy atom. The highest BCUT2D eigenvalue weighted by molar-refractivity contribution is 9.11. The van der Waals surface area contributed by atoms with Crippen LogP contribution >= 0.6 is 15.9 Å². The molecule has 2 aromatic carbocycles. The van der Waals surface area contributed by atoms with Gasteiger partial charge in [0.2, 0.25) is 0 Å². The van der Waals surface area contributed by atoms with Gasteiger partial charge in [-0.25, -0.2) is 0 Å². The molecule has 0 nitrogen and oxygen atoms in total. The van der Waals surface area contributed by atoms with Crippen LogP contribution in [0.15, 0.2) is 34.8 Å². The van der Waals surface area contributed by atoms with E-state index in [-0.39, 0.29) is 10.8 Å². The maximum atomic E-state index is 3.70. The van der Waals surface area contributed by atoms with Crippen LogP contribution in [0, 0.1) is 6.92 Å². The van der Waals surface area contributed by atoms with Crippen molar-refractivity contribution in [3.05, 3.63) is 62.6 Å². The quantitative estimate of drug-likeness (QED) is 0.466. The number of hydrogen-bond acceptors (Lipinski definition) is 0. The number of benzene rings is 2. The Bertz CT molecular complexity index is 823. The molecule has 0 bridgehead atoms. The maximum absolute atomic E-state index is 3.70. The minimum atomic E-state index is 0.137. The summed E-state index contributed by atoms with van der Waals surface area (Å²) in [6, 6.07) is 11.7. The second-order valence-electron chi connectivity index (χ2n) is 9.40. The van der Waals surface area contributed by atoms with Crippen LogP contribution in [0.4, 0.5) is 0 Å². The van der Waals surface area contributed by atoms with E-state index in [4.69, 9.17) is 0 Å². The highest BCUT2D eigenvalue weighted by Crippen LogP contribution is 2.41.